The predicted molar refractivity (Wildman–Crippen MR) is 130 cm³/mol. The highest BCUT2D eigenvalue weighted by molar-refractivity contribution is 6.33. The molecule has 2 heterocycles. The fourth-order valence-corrected chi connectivity index (χ4v) is 5.31. The molecule has 168 valence electrons. The highest BCUT2D eigenvalue weighted by atomic mass is 35.5. The SMILES string of the molecule is Cc1ccc(C2CN(C(=O)c3ccccc3Cl)CC2C(=O)N2CCc3ccccc3C2)cc1. The summed E-state index contributed by atoms with van der Waals surface area (Å²) in [5.74, 6) is -0.298. The molecule has 1 saturated heterocycles. The van der Waals surface area contributed by atoms with Crippen molar-refractivity contribution in [2.75, 3.05) is 19.6 Å². The number of nitrogens with zero attached hydrogens (tertiary/aromatic N) is 2. The quantitative estimate of drug-likeness (QED) is 0.548. The van der Waals surface area contributed by atoms with Crippen LogP contribution in [0.25, 0.3) is 0 Å². The molecule has 0 spiro atoms. The molecule has 2 unspecified atom stereocenters. The van der Waals surface area contributed by atoms with E-state index in [1.165, 1.54) is 16.7 Å². The predicted octanol–water partition coefficient (Wildman–Crippen LogP) is 5.09. The fourth-order valence-electron chi connectivity index (χ4n) is 5.09. The van der Waals surface area contributed by atoms with Gasteiger partial charge in [0, 0.05) is 32.1 Å². The Morgan fingerprint density at radius 2 is 1.55 bits per heavy atom. The van der Waals surface area contributed by atoms with Crippen LogP contribution in [0, 0.1) is 12.8 Å². The second-order valence-electron chi connectivity index (χ2n) is 9.09. The Hall–Kier alpha value is -3.11. The Balaban J connectivity index is 1.43. The summed E-state index contributed by atoms with van der Waals surface area (Å²) in [5.41, 5.74) is 5.30. The number of likely N-dealkylation sites (tertiary alicyclic amines) is 1. The van der Waals surface area contributed by atoms with Gasteiger partial charge < -0.3 is 9.80 Å². The minimum atomic E-state index is -0.274. The number of hydrogen-bond acceptors (Lipinski definition) is 2. The molecule has 2 atom stereocenters. The van der Waals surface area contributed by atoms with Gasteiger partial charge in [0.2, 0.25) is 5.91 Å². The van der Waals surface area contributed by atoms with Crippen LogP contribution in [0.4, 0.5) is 0 Å². The molecule has 0 N–H and O–H groups in total. The Bertz CT molecular complexity index is 1190. The van der Waals surface area contributed by atoms with Gasteiger partial charge in [0.05, 0.1) is 16.5 Å². The number of aryl methyl sites for hydroxylation is 1. The third-order valence-corrected chi connectivity index (χ3v) is 7.31. The van der Waals surface area contributed by atoms with Crippen molar-refractivity contribution in [1.29, 1.82) is 0 Å². The zero-order valence-electron chi connectivity index (χ0n) is 18.7. The summed E-state index contributed by atoms with van der Waals surface area (Å²) in [6, 6.07) is 23.8. The van der Waals surface area contributed by atoms with Gasteiger partial charge in [-0.3, -0.25) is 9.59 Å². The number of carbonyl (C=O) groups excluding carboxylic acids is 2. The number of hydrogen-bond donors (Lipinski definition) is 0. The van der Waals surface area contributed by atoms with Gasteiger partial charge in [0.25, 0.3) is 5.91 Å². The van der Waals surface area contributed by atoms with Crippen molar-refractivity contribution in [3.8, 4) is 0 Å². The first-order valence-corrected chi connectivity index (χ1v) is 11.8. The molecule has 0 radical (unpaired) electrons. The second kappa shape index (κ2) is 9.03. The number of halogens is 1. The molecule has 2 amide bonds. The second-order valence-corrected chi connectivity index (χ2v) is 9.50. The van der Waals surface area contributed by atoms with E-state index in [-0.39, 0.29) is 23.7 Å². The van der Waals surface area contributed by atoms with Crippen LogP contribution in [0.3, 0.4) is 0 Å². The lowest BCUT2D eigenvalue weighted by atomic mass is 9.87. The van der Waals surface area contributed by atoms with Crippen molar-refractivity contribution >= 4 is 23.4 Å². The summed E-state index contributed by atoms with van der Waals surface area (Å²) >= 11 is 6.31. The maximum Gasteiger partial charge on any atom is 0.255 e. The number of amides is 2. The Kier molecular flexibility index (Phi) is 5.94. The van der Waals surface area contributed by atoms with Crippen LogP contribution < -0.4 is 0 Å². The standard InChI is InChI=1S/C28H27ClN2O2/c1-19-10-12-21(13-11-19)24-17-31(27(32)23-8-4-5-9-26(23)29)18-25(24)28(33)30-15-14-20-6-2-3-7-22(20)16-30/h2-13,24-25H,14-18H2,1H3. The summed E-state index contributed by atoms with van der Waals surface area (Å²) in [4.78, 5) is 30.9. The number of benzene rings is 3. The first kappa shape index (κ1) is 21.7. The maximum atomic E-state index is 13.8. The zero-order chi connectivity index (χ0) is 22.9. The monoisotopic (exact) mass is 458 g/mol. The van der Waals surface area contributed by atoms with E-state index in [9.17, 15) is 9.59 Å². The molecule has 2 aliphatic rings. The van der Waals surface area contributed by atoms with Gasteiger partial charge in [-0.2, -0.15) is 0 Å². The average molecular weight is 459 g/mol. The number of rotatable bonds is 3. The van der Waals surface area contributed by atoms with Gasteiger partial charge in [-0.05, 0) is 42.2 Å². The van der Waals surface area contributed by atoms with Crippen LogP contribution in [0.1, 0.15) is 38.5 Å². The average Bonchev–Trinajstić information content (AvgIpc) is 3.29. The van der Waals surface area contributed by atoms with Gasteiger partial charge in [-0.1, -0.05) is 77.8 Å². The van der Waals surface area contributed by atoms with Crippen molar-refractivity contribution in [3.63, 3.8) is 0 Å². The van der Waals surface area contributed by atoms with Crippen molar-refractivity contribution in [1.82, 2.24) is 9.80 Å². The van der Waals surface area contributed by atoms with E-state index in [1.54, 1.807) is 17.0 Å². The van der Waals surface area contributed by atoms with Crippen LogP contribution in [0.15, 0.2) is 72.8 Å². The summed E-state index contributed by atoms with van der Waals surface area (Å²) < 4.78 is 0. The van der Waals surface area contributed by atoms with Gasteiger partial charge in [-0.15, -0.1) is 0 Å². The van der Waals surface area contributed by atoms with Gasteiger partial charge in [-0.25, -0.2) is 0 Å². The van der Waals surface area contributed by atoms with E-state index in [0.717, 1.165) is 12.0 Å². The zero-order valence-corrected chi connectivity index (χ0v) is 19.5. The topological polar surface area (TPSA) is 40.6 Å². The van der Waals surface area contributed by atoms with E-state index in [2.05, 4.69) is 49.4 Å². The van der Waals surface area contributed by atoms with Gasteiger partial charge in [0.1, 0.15) is 0 Å². The lowest BCUT2D eigenvalue weighted by Crippen LogP contribution is -2.42. The van der Waals surface area contributed by atoms with Crippen LogP contribution in [0.2, 0.25) is 5.02 Å². The third kappa shape index (κ3) is 4.28. The Morgan fingerprint density at radius 1 is 0.848 bits per heavy atom. The fraction of sp³-hybridized carbons (Fsp3) is 0.286. The van der Waals surface area contributed by atoms with Crippen molar-refractivity contribution < 1.29 is 9.59 Å². The molecule has 3 aromatic carbocycles. The first-order chi connectivity index (χ1) is 16.0. The summed E-state index contributed by atoms with van der Waals surface area (Å²) in [5, 5.41) is 0.441. The van der Waals surface area contributed by atoms with E-state index in [0.29, 0.717) is 36.8 Å². The van der Waals surface area contributed by atoms with Crippen LogP contribution in [-0.4, -0.2) is 41.2 Å². The molecule has 0 bridgehead atoms. The molecule has 0 saturated carbocycles. The normalized spacial score (nSPS) is 19.9. The van der Waals surface area contributed by atoms with Crippen molar-refractivity contribution in [2.45, 2.75) is 25.8 Å². The van der Waals surface area contributed by atoms with Crippen LogP contribution >= 0.6 is 11.6 Å². The molecule has 1 fully saturated rings. The summed E-state index contributed by atoms with van der Waals surface area (Å²) in [7, 11) is 0. The van der Waals surface area contributed by atoms with Crippen molar-refractivity contribution in [2.24, 2.45) is 5.92 Å². The third-order valence-electron chi connectivity index (χ3n) is 6.98. The molecule has 2 aliphatic heterocycles. The smallest absolute Gasteiger partial charge is 0.255 e. The molecule has 3 aromatic rings. The van der Waals surface area contributed by atoms with E-state index in [4.69, 9.17) is 11.6 Å². The van der Waals surface area contributed by atoms with Crippen LogP contribution in [-0.2, 0) is 17.8 Å². The summed E-state index contributed by atoms with van der Waals surface area (Å²) in [6.07, 6.45) is 0.867. The number of fused-ring (bicyclic) bond motifs is 1. The lowest BCUT2D eigenvalue weighted by Gasteiger charge is -2.32. The molecular formula is C28H27ClN2O2. The molecule has 5 heteroatoms. The lowest BCUT2D eigenvalue weighted by molar-refractivity contribution is -0.136. The highest BCUT2D eigenvalue weighted by Crippen LogP contribution is 2.36. The molecule has 4 nitrogen and oxygen atoms in total. The minimum absolute atomic E-state index is 0.0401. The maximum absolute atomic E-state index is 13.8. The highest BCUT2D eigenvalue weighted by Gasteiger charge is 2.42. The Labute approximate surface area is 199 Å². The van der Waals surface area contributed by atoms with Gasteiger partial charge >= 0.3 is 0 Å². The van der Waals surface area contributed by atoms with Gasteiger partial charge in [0.15, 0.2) is 0 Å². The molecule has 0 aliphatic carbocycles. The van der Waals surface area contributed by atoms with E-state index in [1.807, 2.05) is 23.1 Å². The summed E-state index contributed by atoms with van der Waals surface area (Å²) in [6.45, 7) is 4.31. The van der Waals surface area contributed by atoms with E-state index < -0.39 is 0 Å². The molecule has 5 rings (SSSR count). The molecule has 33 heavy (non-hydrogen) atoms. The first-order valence-electron chi connectivity index (χ1n) is 11.5. The molecule has 0 aromatic heterocycles. The van der Waals surface area contributed by atoms with E-state index >= 15 is 0 Å². The Morgan fingerprint density at radius 3 is 2.30 bits per heavy atom. The molecular weight excluding hydrogens is 432 g/mol. The largest absolute Gasteiger partial charge is 0.338 e. The van der Waals surface area contributed by atoms with Crippen molar-refractivity contribution in [3.05, 3.63) is 106 Å². The number of carbonyl (C=O) groups is 2. The minimum Gasteiger partial charge on any atom is -0.338 e. The van der Waals surface area contributed by atoms with Crippen LogP contribution in [0.5, 0.6) is 0 Å².